The molecule has 0 bridgehead atoms. The number of carbonyl (C=O) groups is 5. The topological polar surface area (TPSA) is 122 Å². The van der Waals surface area contributed by atoms with Crippen LogP contribution in [0.1, 0.15) is 36.6 Å². The van der Waals surface area contributed by atoms with Gasteiger partial charge in [-0.25, -0.2) is 9.59 Å². The molecule has 0 atom stereocenters. The number of esters is 1. The zero-order valence-corrected chi connectivity index (χ0v) is 16.4. The van der Waals surface area contributed by atoms with Gasteiger partial charge in [0.1, 0.15) is 0 Å². The van der Waals surface area contributed by atoms with Crippen LogP contribution in [0.5, 0.6) is 0 Å². The lowest BCUT2D eigenvalue weighted by molar-refractivity contribution is -0.123. The molecule has 2 aromatic rings. The number of nitrogens with one attached hydrogen (secondary N) is 2. The lowest BCUT2D eigenvalue weighted by Crippen LogP contribution is -2.41. The largest absolute Gasteiger partial charge is 0.452 e. The van der Waals surface area contributed by atoms with Crippen LogP contribution in [-0.2, 0) is 16.1 Å². The smallest absolute Gasteiger partial charge is 0.338 e. The van der Waals surface area contributed by atoms with Crippen molar-refractivity contribution >= 4 is 29.7 Å². The van der Waals surface area contributed by atoms with Gasteiger partial charge in [-0.1, -0.05) is 36.4 Å². The standard InChI is InChI=1S/C22H19N3O6/c1-2-10-25-19(27)16-9-8-15(11-17(16)20(25)28)21(29)31-13-18(26)24-22(30)23-12-14-6-4-3-5-7-14/h2-9,11H,1,10,12-13H2,(H2,23,24,26,30). The zero-order chi connectivity index (χ0) is 22.4. The summed E-state index contributed by atoms with van der Waals surface area (Å²) in [6.45, 7) is 3.09. The highest BCUT2D eigenvalue weighted by Gasteiger charge is 2.35. The molecular formula is C22H19N3O6. The lowest BCUT2D eigenvalue weighted by atomic mass is 10.1. The van der Waals surface area contributed by atoms with Crippen LogP contribution >= 0.6 is 0 Å². The second kappa shape index (κ2) is 9.49. The van der Waals surface area contributed by atoms with E-state index >= 15 is 0 Å². The number of carbonyl (C=O) groups excluding carboxylic acids is 5. The molecule has 2 N–H and O–H groups in total. The van der Waals surface area contributed by atoms with E-state index in [0.717, 1.165) is 10.5 Å². The molecule has 158 valence electrons. The van der Waals surface area contributed by atoms with E-state index in [1.807, 2.05) is 30.3 Å². The quantitative estimate of drug-likeness (QED) is 0.398. The highest BCUT2D eigenvalue weighted by molar-refractivity contribution is 6.22. The molecular weight excluding hydrogens is 402 g/mol. The third kappa shape index (κ3) is 5.02. The van der Waals surface area contributed by atoms with Crippen LogP contribution in [-0.4, -0.2) is 47.8 Å². The third-order valence-electron chi connectivity index (χ3n) is 4.40. The summed E-state index contributed by atoms with van der Waals surface area (Å²) in [5.74, 6) is -2.70. The monoisotopic (exact) mass is 421 g/mol. The summed E-state index contributed by atoms with van der Waals surface area (Å²) in [6, 6.07) is 12.3. The Balaban J connectivity index is 1.51. The second-order valence-electron chi connectivity index (χ2n) is 6.56. The van der Waals surface area contributed by atoms with Gasteiger partial charge in [0, 0.05) is 13.1 Å². The first-order valence-electron chi connectivity index (χ1n) is 9.30. The van der Waals surface area contributed by atoms with Gasteiger partial charge in [-0.05, 0) is 23.8 Å². The van der Waals surface area contributed by atoms with Crippen LogP contribution in [0.15, 0.2) is 61.2 Å². The van der Waals surface area contributed by atoms with E-state index in [1.165, 1.54) is 24.3 Å². The predicted octanol–water partition coefficient (Wildman–Crippen LogP) is 1.65. The van der Waals surface area contributed by atoms with Crippen LogP contribution in [0.3, 0.4) is 0 Å². The van der Waals surface area contributed by atoms with Gasteiger partial charge in [-0.2, -0.15) is 0 Å². The SMILES string of the molecule is C=CCN1C(=O)c2ccc(C(=O)OCC(=O)NC(=O)NCc3ccccc3)cc2C1=O. The Morgan fingerprint density at radius 1 is 1.00 bits per heavy atom. The fourth-order valence-electron chi connectivity index (χ4n) is 2.91. The van der Waals surface area contributed by atoms with Gasteiger partial charge in [-0.3, -0.25) is 24.6 Å². The molecule has 1 aliphatic heterocycles. The van der Waals surface area contributed by atoms with Crippen LogP contribution in [0.25, 0.3) is 0 Å². The minimum absolute atomic E-state index is 0.00156. The molecule has 0 saturated carbocycles. The number of imide groups is 2. The summed E-state index contributed by atoms with van der Waals surface area (Å²) in [5.41, 5.74) is 1.11. The first-order chi connectivity index (χ1) is 14.9. The van der Waals surface area contributed by atoms with E-state index in [9.17, 15) is 24.0 Å². The van der Waals surface area contributed by atoms with Gasteiger partial charge in [0.15, 0.2) is 6.61 Å². The van der Waals surface area contributed by atoms with E-state index in [-0.39, 0.29) is 29.8 Å². The molecule has 9 heteroatoms. The Morgan fingerprint density at radius 2 is 1.71 bits per heavy atom. The van der Waals surface area contributed by atoms with Crippen LogP contribution in [0.4, 0.5) is 4.79 Å². The fourth-order valence-corrected chi connectivity index (χ4v) is 2.91. The fraction of sp³-hybridized carbons (Fsp3) is 0.136. The number of rotatable bonds is 7. The van der Waals surface area contributed by atoms with Gasteiger partial charge >= 0.3 is 12.0 Å². The first kappa shape index (κ1) is 21.4. The number of hydrogen-bond donors (Lipinski definition) is 2. The van der Waals surface area contributed by atoms with Crippen LogP contribution < -0.4 is 10.6 Å². The average Bonchev–Trinajstić information content (AvgIpc) is 3.01. The van der Waals surface area contributed by atoms with Gasteiger partial charge in [-0.15, -0.1) is 6.58 Å². The molecule has 9 nitrogen and oxygen atoms in total. The van der Waals surface area contributed by atoms with E-state index in [4.69, 9.17) is 4.74 Å². The molecule has 31 heavy (non-hydrogen) atoms. The van der Waals surface area contributed by atoms with Crippen molar-refractivity contribution in [3.8, 4) is 0 Å². The molecule has 2 aromatic carbocycles. The lowest BCUT2D eigenvalue weighted by Gasteiger charge is -2.09. The van der Waals surface area contributed by atoms with Crippen molar-refractivity contribution in [2.75, 3.05) is 13.2 Å². The maximum absolute atomic E-state index is 12.3. The van der Waals surface area contributed by atoms with Crippen molar-refractivity contribution in [1.82, 2.24) is 15.5 Å². The van der Waals surface area contributed by atoms with Gasteiger partial charge < -0.3 is 10.1 Å². The number of ether oxygens (including phenoxy) is 1. The summed E-state index contributed by atoms with van der Waals surface area (Å²) in [4.78, 5) is 61.3. The molecule has 1 aliphatic rings. The summed E-state index contributed by atoms with van der Waals surface area (Å²) in [5, 5.41) is 4.56. The molecule has 0 aliphatic carbocycles. The summed E-state index contributed by atoms with van der Waals surface area (Å²) >= 11 is 0. The highest BCUT2D eigenvalue weighted by atomic mass is 16.5. The van der Waals surface area contributed by atoms with Crippen molar-refractivity contribution in [2.24, 2.45) is 0 Å². The van der Waals surface area contributed by atoms with Crippen molar-refractivity contribution in [3.63, 3.8) is 0 Å². The third-order valence-corrected chi connectivity index (χ3v) is 4.40. The Bertz CT molecular complexity index is 1060. The highest BCUT2D eigenvalue weighted by Crippen LogP contribution is 2.24. The molecule has 5 amide bonds. The maximum atomic E-state index is 12.3. The molecule has 0 saturated heterocycles. The Morgan fingerprint density at radius 3 is 2.42 bits per heavy atom. The minimum atomic E-state index is -0.870. The van der Waals surface area contributed by atoms with Gasteiger partial charge in [0.25, 0.3) is 17.7 Å². The molecule has 1 heterocycles. The first-order valence-corrected chi connectivity index (χ1v) is 9.30. The predicted molar refractivity (Wildman–Crippen MR) is 109 cm³/mol. The Hall–Kier alpha value is -4.27. The maximum Gasteiger partial charge on any atom is 0.338 e. The summed E-state index contributed by atoms with van der Waals surface area (Å²) < 4.78 is 4.89. The van der Waals surface area contributed by atoms with Crippen molar-refractivity contribution < 1.29 is 28.7 Å². The van der Waals surface area contributed by atoms with E-state index in [0.29, 0.717) is 0 Å². The van der Waals surface area contributed by atoms with E-state index in [2.05, 4.69) is 17.2 Å². The second-order valence-corrected chi connectivity index (χ2v) is 6.56. The van der Waals surface area contributed by atoms with E-state index in [1.54, 1.807) is 0 Å². The average molecular weight is 421 g/mol. The van der Waals surface area contributed by atoms with Gasteiger partial charge in [0.05, 0.1) is 16.7 Å². The van der Waals surface area contributed by atoms with E-state index < -0.39 is 36.3 Å². The molecule has 0 fully saturated rings. The van der Waals surface area contributed by atoms with Gasteiger partial charge in [0.2, 0.25) is 0 Å². The summed E-state index contributed by atoms with van der Waals surface area (Å²) in [7, 11) is 0. The Kier molecular flexibility index (Phi) is 6.56. The zero-order valence-electron chi connectivity index (χ0n) is 16.4. The van der Waals surface area contributed by atoms with Crippen molar-refractivity contribution in [3.05, 3.63) is 83.4 Å². The number of urea groups is 1. The normalized spacial score (nSPS) is 12.2. The molecule has 0 unspecified atom stereocenters. The number of benzene rings is 2. The minimum Gasteiger partial charge on any atom is -0.452 e. The molecule has 0 spiro atoms. The summed E-state index contributed by atoms with van der Waals surface area (Å²) in [6.07, 6.45) is 1.42. The molecule has 3 rings (SSSR count). The van der Waals surface area contributed by atoms with Crippen molar-refractivity contribution in [1.29, 1.82) is 0 Å². The number of fused-ring (bicyclic) bond motifs is 1. The van der Waals surface area contributed by atoms with Crippen LogP contribution in [0, 0.1) is 0 Å². The number of amides is 5. The number of hydrogen-bond acceptors (Lipinski definition) is 6. The van der Waals surface area contributed by atoms with Crippen molar-refractivity contribution in [2.45, 2.75) is 6.54 Å². The molecule has 0 radical (unpaired) electrons. The molecule has 0 aromatic heterocycles. The number of nitrogens with zero attached hydrogens (tertiary/aromatic N) is 1. The van der Waals surface area contributed by atoms with Crippen LogP contribution in [0.2, 0.25) is 0 Å². The Labute approximate surface area is 177 Å².